The van der Waals surface area contributed by atoms with E-state index in [1.807, 2.05) is 0 Å². The van der Waals surface area contributed by atoms with Crippen LogP contribution in [0.5, 0.6) is 11.5 Å². The van der Waals surface area contributed by atoms with Gasteiger partial charge >= 0.3 is 12.6 Å². The molecule has 0 amide bonds. The first-order chi connectivity index (χ1) is 11.0. The highest BCUT2D eigenvalue weighted by atomic mass is 19.3. The van der Waals surface area contributed by atoms with E-state index in [1.165, 1.54) is 38.5 Å². The fourth-order valence-electron chi connectivity index (χ4n) is 1.57. The fraction of sp³-hybridized carbons (Fsp3) is 0.333. The molecule has 1 aromatic rings. The number of methoxy groups -OCH3 is 2. The third kappa shape index (κ3) is 5.92. The summed E-state index contributed by atoms with van der Waals surface area (Å²) in [5, 5.41) is 9.00. The molecule has 0 spiro atoms. The highest BCUT2D eigenvalue weighted by molar-refractivity contribution is 5.97. The van der Waals surface area contributed by atoms with Gasteiger partial charge in [-0.3, -0.25) is 0 Å². The van der Waals surface area contributed by atoms with E-state index in [0.717, 1.165) is 0 Å². The molecule has 0 bridgehead atoms. The molecule has 0 N–H and O–H groups in total. The Kier molecular flexibility index (Phi) is 7.50. The average Bonchev–Trinajstić information content (AvgIpc) is 2.52. The van der Waals surface area contributed by atoms with Crippen LogP contribution in [0.1, 0.15) is 5.56 Å². The molecule has 0 saturated heterocycles. The van der Waals surface area contributed by atoms with Gasteiger partial charge in [-0.1, -0.05) is 6.07 Å². The summed E-state index contributed by atoms with van der Waals surface area (Å²) in [7, 11) is 2.74. The highest BCUT2D eigenvalue weighted by Gasteiger charge is 2.14. The Hall–Kier alpha value is -2.66. The lowest BCUT2D eigenvalue weighted by Gasteiger charge is -2.10. The number of halogens is 2. The molecule has 0 unspecified atom stereocenters. The van der Waals surface area contributed by atoms with Gasteiger partial charge in [-0.25, -0.2) is 4.79 Å². The fourth-order valence-corrected chi connectivity index (χ4v) is 1.57. The molecule has 0 aliphatic carbocycles. The smallest absolute Gasteiger partial charge is 0.387 e. The Balaban J connectivity index is 2.99. The van der Waals surface area contributed by atoms with Crippen molar-refractivity contribution in [2.75, 3.05) is 27.4 Å². The number of ether oxygens (including phenoxy) is 4. The summed E-state index contributed by atoms with van der Waals surface area (Å²) in [5.74, 6) is -0.943. The minimum Gasteiger partial charge on any atom is -0.493 e. The number of hydrogen-bond acceptors (Lipinski definition) is 6. The van der Waals surface area contributed by atoms with Gasteiger partial charge in [0.25, 0.3) is 0 Å². The molecule has 0 aromatic heterocycles. The van der Waals surface area contributed by atoms with Gasteiger partial charge in [0.15, 0.2) is 11.5 Å². The number of rotatable bonds is 8. The lowest BCUT2D eigenvalue weighted by Crippen LogP contribution is -2.11. The van der Waals surface area contributed by atoms with Crippen molar-refractivity contribution in [1.82, 2.24) is 0 Å². The maximum atomic E-state index is 12.4. The van der Waals surface area contributed by atoms with Crippen molar-refractivity contribution in [3.05, 3.63) is 29.3 Å². The number of esters is 1. The number of benzene rings is 1. The summed E-state index contributed by atoms with van der Waals surface area (Å²) in [5.41, 5.74) is 0.0240. The molecule has 0 aliphatic heterocycles. The van der Waals surface area contributed by atoms with E-state index in [1.54, 1.807) is 6.07 Å². The number of nitriles is 1. The molecule has 0 aliphatic rings. The molecule has 0 fully saturated rings. The predicted molar refractivity (Wildman–Crippen MR) is 76.1 cm³/mol. The lowest BCUT2D eigenvalue weighted by atomic mass is 10.1. The summed E-state index contributed by atoms with van der Waals surface area (Å²) >= 11 is 0. The molecule has 23 heavy (non-hydrogen) atoms. The van der Waals surface area contributed by atoms with Crippen LogP contribution in [0, 0.1) is 11.3 Å². The van der Waals surface area contributed by atoms with Crippen LogP contribution in [-0.2, 0) is 14.3 Å². The van der Waals surface area contributed by atoms with Crippen LogP contribution in [-0.4, -0.2) is 40.0 Å². The van der Waals surface area contributed by atoms with Crippen LogP contribution < -0.4 is 9.47 Å². The second kappa shape index (κ2) is 9.38. The Morgan fingerprint density at radius 2 is 2.04 bits per heavy atom. The number of carbonyl (C=O) groups excluding carboxylic acids is 1. The number of alkyl halides is 2. The van der Waals surface area contributed by atoms with Crippen LogP contribution in [0.4, 0.5) is 8.78 Å². The van der Waals surface area contributed by atoms with E-state index in [2.05, 4.69) is 4.74 Å². The van der Waals surface area contributed by atoms with E-state index in [9.17, 15) is 13.6 Å². The van der Waals surface area contributed by atoms with Gasteiger partial charge in [-0.05, 0) is 23.8 Å². The predicted octanol–water partition coefficient (Wildman–Crippen LogP) is 2.39. The van der Waals surface area contributed by atoms with Gasteiger partial charge in [0, 0.05) is 7.11 Å². The van der Waals surface area contributed by atoms with Crippen molar-refractivity contribution in [1.29, 1.82) is 5.26 Å². The number of hydrogen-bond donors (Lipinski definition) is 0. The number of nitrogens with zero attached hydrogens (tertiary/aromatic N) is 1. The zero-order valence-electron chi connectivity index (χ0n) is 12.5. The molecule has 1 aromatic carbocycles. The first kappa shape index (κ1) is 18.4. The first-order valence-corrected chi connectivity index (χ1v) is 6.42. The van der Waals surface area contributed by atoms with Crippen LogP contribution in [0.3, 0.4) is 0 Å². The zero-order chi connectivity index (χ0) is 17.2. The Labute approximate surface area is 131 Å². The van der Waals surface area contributed by atoms with E-state index in [-0.39, 0.29) is 30.3 Å². The van der Waals surface area contributed by atoms with E-state index in [4.69, 9.17) is 19.5 Å². The van der Waals surface area contributed by atoms with E-state index < -0.39 is 12.6 Å². The van der Waals surface area contributed by atoms with Gasteiger partial charge < -0.3 is 18.9 Å². The Morgan fingerprint density at radius 3 is 2.61 bits per heavy atom. The summed E-state index contributed by atoms with van der Waals surface area (Å²) in [4.78, 5) is 11.7. The van der Waals surface area contributed by atoms with Gasteiger partial charge in [-0.15, -0.1) is 0 Å². The standard InChI is InChI=1S/C15H15F2NO5/c1-20-5-6-22-14(19)11(9-18)7-10-3-4-12(21-2)13(8-10)23-15(16)17/h3-4,7-8,15H,5-6H2,1-2H3/b11-7+. The number of carbonyl (C=O) groups is 1. The van der Waals surface area contributed by atoms with Crippen LogP contribution in [0.15, 0.2) is 23.8 Å². The van der Waals surface area contributed by atoms with Crippen molar-refractivity contribution in [2.24, 2.45) is 0 Å². The van der Waals surface area contributed by atoms with Gasteiger partial charge in [0.2, 0.25) is 0 Å². The zero-order valence-corrected chi connectivity index (χ0v) is 12.5. The summed E-state index contributed by atoms with van der Waals surface area (Å²) in [6.45, 7) is -2.84. The SMILES string of the molecule is COCCOC(=O)/C(C#N)=C/c1ccc(OC)c(OC(F)F)c1. The first-order valence-electron chi connectivity index (χ1n) is 6.42. The second-order valence-corrected chi connectivity index (χ2v) is 4.09. The molecule has 0 heterocycles. The Morgan fingerprint density at radius 1 is 1.30 bits per heavy atom. The minimum atomic E-state index is -3.03. The normalized spacial score (nSPS) is 11.0. The third-order valence-corrected chi connectivity index (χ3v) is 2.58. The largest absolute Gasteiger partial charge is 0.493 e. The maximum absolute atomic E-state index is 12.4. The van der Waals surface area contributed by atoms with Crippen molar-refractivity contribution >= 4 is 12.0 Å². The molecule has 1 rings (SSSR count). The Bertz CT molecular complexity index is 610. The maximum Gasteiger partial charge on any atom is 0.387 e. The minimum absolute atomic E-state index is 0.00326. The molecule has 0 atom stereocenters. The summed E-state index contributed by atoms with van der Waals surface area (Å²) < 4.78 is 43.5. The van der Waals surface area contributed by atoms with Crippen molar-refractivity contribution < 1.29 is 32.5 Å². The molecule has 8 heteroatoms. The third-order valence-electron chi connectivity index (χ3n) is 2.58. The van der Waals surface area contributed by atoms with Crippen LogP contribution in [0.2, 0.25) is 0 Å². The quantitative estimate of drug-likeness (QED) is 0.316. The second-order valence-electron chi connectivity index (χ2n) is 4.09. The molecule has 0 radical (unpaired) electrons. The molecule has 124 valence electrons. The molecule has 0 saturated carbocycles. The van der Waals surface area contributed by atoms with E-state index >= 15 is 0 Å². The lowest BCUT2D eigenvalue weighted by molar-refractivity contribution is -0.139. The molecule has 6 nitrogen and oxygen atoms in total. The van der Waals surface area contributed by atoms with E-state index in [0.29, 0.717) is 5.56 Å². The highest BCUT2D eigenvalue weighted by Crippen LogP contribution is 2.30. The molecular weight excluding hydrogens is 312 g/mol. The van der Waals surface area contributed by atoms with Crippen LogP contribution >= 0.6 is 0 Å². The average molecular weight is 327 g/mol. The van der Waals surface area contributed by atoms with Gasteiger partial charge in [0.1, 0.15) is 18.2 Å². The molecular formula is C15H15F2NO5. The van der Waals surface area contributed by atoms with Crippen molar-refractivity contribution in [3.63, 3.8) is 0 Å². The van der Waals surface area contributed by atoms with Gasteiger partial charge in [-0.2, -0.15) is 14.0 Å². The van der Waals surface area contributed by atoms with Crippen molar-refractivity contribution in [3.8, 4) is 17.6 Å². The summed E-state index contributed by atoms with van der Waals surface area (Å²) in [6.07, 6.45) is 1.20. The van der Waals surface area contributed by atoms with Gasteiger partial charge in [0.05, 0.1) is 13.7 Å². The van der Waals surface area contributed by atoms with Crippen molar-refractivity contribution in [2.45, 2.75) is 6.61 Å². The topological polar surface area (TPSA) is 77.8 Å². The monoisotopic (exact) mass is 327 g/mol. The summed E-state index contributed by atoms with van der Waals surface area (Å²) in [6, 6.07) is 5.79. The van der Waals surface area contributed by atoms with Crippen LogP contribution in [0.25, 0.3) is 6.08 Å².